The Balaban J connectivity index is 1.60. The second kappa shape index (κ2) is 9.78. The number of nitrogens with zero attached hydrogens (tertiary/aromatic N) is 4. The van der Waals surface area contributed by atoms with Gasteiger partial charge in [-0.1, -0.05) is 18.2 Å². The molecule has 2 heterocycles. The average Bonchev–Trinajstić information content (AvgIpc) is 3.13. The second-order valence-corrected chi connectivity index (χ2v) is 6.08. The fourth-order valence-corrected chi connectivity index (χ4v) is 2.67. The molecule has 29 heavy (non-hydrogen) atoms. The van der Waals surface area contributed by atoms with Crippen molar-refractivity contribution in [1.29, 1.82) is 0 Å². The molecular formula is C19H22F2N6O2. The minimum atomic E-state index is -2.88. The zero-order chi connectivity index (χ0) is 20.6. The number of pyridine rings is 1. The van der Waals surface area contributed by atoms with E-state index in [0.29, 0.717) is 30.4 Å². The zero-order valence-electron chi connectivity index (χ0n) is 15.8. The van der Waals surface area contributed by atoms with Gasteiger partial charge in [-0.2, -0.15) is 8.78 Å². The van der Waals surface area contributed by atoms with E-state index in [-0.39, 0.29) is 12.3 Å². The highest BCUT2D eigenvalue weighted by Crippen LogP contribution is 2.19. The van der Waals surface area contributed by atoms with Crippen molar-refractivity contribution in [1.82, 2.24) is 25.2 Å². The van der Waals surface area contributed by atoms with Crippen LogP contribution in [0.1, 0.15) is 24.4 Å². The van der Waals surface area contributed by atoms with E-state index in [4.69, 9.17) is 0 Å². The zero-order valence-corrected chi connectivity index (χ0v) is 15.8. The van der Waals surface area contributed by atoms with Crippen LogP contribution in [0.2, 0.25) is 0 Å². The molecule has 0 spiro atoms. The SMILES string of the molecule is CCNC(=NCc1nnc2ccccn12)NCC(O)c1ccc(OC(F)F)cc1. The minimum absolute atomic E-state index is 0.0411. The van der Waals surface area contributed by atoms with Crippen molar-refractivity contribution < 1.29 is 18.6 Å². The number of fused-ring (bicyclic) bond motifs is 1. The molecule has 0 saturated carbocycles. The first-order valence-electron chi connectivity index (χ1n) is 9.10. The number of hydrogen-bond donors (Lipinski definition) is 3. The van der Waals surface area contributed by atoms with Gasteiger partial charge >= 0.3 is 6.61 Å². The molecule has 8 nitrogen and oxygen atoms in total. The Morgan fingerprint density at radius 3 is 2.69 bits per heavy atom. The fraction of sp³-hybridized carbons (Fsp3) is 0.316. The topological polar surface area (TPSA) is 96.1 Å². The van der Waals surface area contributed by atoms with E-state index in [1.54, 1.807) is 0 Å². The van der Waals surface area contributed by atoms with Crippen LogP contribution < -0.4 is 15.4 Å². The molecule has 1 aromatic carbocycles. The molecule has 0 bridgehead atoms. The maximum atomic E-state index is 12.2. The number of rotatable bonds is 8. The van der Waals surface area contributed by atoms with Crippen LogP contribution in [0.5, 0.6) is 5.75 Å². The van der Waals surface area contributed by atoms with E-state index >= 15 is 0 Å². The third kappa shape index (κ3) is 5.61. The first kappa shape index (κ1) is 20.5. The molecule has 2 aromatic heterocycles. The minimum Gasteiger partial charge on any atom is -0.435 e. The predicted molar refractivity (Wildman–Crippen MR) is 104 cm³/mol. The van der Waals surface area contributed by atoms with Crippen molar-refractivity contribution >= 4 is 11.6 Å². The number of benzene rings is 1. The van der Waals surface area contributed by atoms with E-state index in [1.807, 2.05) is 35.7 Å². The third-order valence-electron chi connectivity index (χ3n) is 4.06. The van der Waals surface area contributed by atoms with Crippen molar-refractivity contribution in [3.63, 3.8) is 0 Å². The largest absolute Gasteiger partial charge is 0.435 e. The molecule has 1 atom stereocenters. The standard InChI is InChI=1S/C19H22F2N6O2/c1-2-22-19(24-12-17-26-25-16-5-3-4-10-27(16)17)23-11-15(28)13-6-8-14(9-7-13)29-18(20)21/h3-10,15,18,28H,2,11-12H2,1H3,(H2,22,23,24). The van der Waals surface area contributed by atoms with Crippen LogP contribution in [-0.2, 0) is 6.54 Å². The van der Waals surface area contributed by atoms with Crippen molar-refractivity contribution in [3.8, 4) is 5.75 Å². The van der Waals surface area contributed by atoms with Gasteiger partial charge in [0, 0.05) is 19.3 Å². The number of hydrogen-bond acceptors (Lipinski definition) is 5. The van der Waals surface area contributed by atoms with Gasteiger partial charge in [0.2, 0.25) is 0 Å². The summed E-state index contributed by atoms with van der Waals surface area (Å²) in [6, 6.07) is 11.5. The van der Waals surface area contributed by atoms with Crippen LogP contribution in [0.25, 0.3) is 5.65 Å². The van der Waals surface area contributed by atoms with Gasteiger partial charge in [-0.15, -0.1) is 10.2 Å². The number of guanidine groups is 1. The Hall–Kier alpha value is -3.27. The maximum absolute atomic E-state index is 12.2. The number of halogens is 2. The summed E-state index contributed by atoms with van der Waals surface area (Å²) in [5.74, 6) is 1.24. The van der Waals surface area contributed by atoms with Gasteiger partial charge in [-0.25, -0.2) is 4.99 Å². The van der Waals surface area contributed by atoms with Crippen molar-refractivity contribution in [3.05, 3.63) is 60.0 Å². The number of alkyl halides is 2. The molecule has 3 rings (SSSR count). The van der Waals surface area contributed by atoms with Crippen LogP contribution in [0.15, 0.2) is 53.7 Å². The van der Waals surface area contributed by atoms with E-state index in [0.717, 1.165) is 5.65 Å². The van der Waals surface area contributed by atoms with Gasteiger partial charge in [0.1, 0.15) is 12.3 Å². The van der Waals surface area contributed by atoms with Crippen molar-refractivity contribution in [2.75, 3.05) is 13.1 Å². The summed E-state index contributed by atoms with van der Waals surface area (Å²) in [7, 11) is 0. The molecule has 3 aromatic rings. The van der Waals surface area contributed by atoms with Gasteiger partial charge in [-0.3, -0.25) is 4.40 Å². The average molecular weight is 404 g/mol. The van der Waals surface area contributed by atoms with Gasteiger partial charge < -0.3 is 20.5 Å². The van der Waals surface area contributed by atoms with Gasteiger partial charge in [-0.05, 0) is 36.8 Å². The molecule has 0 saturated heterocycles. The first-order chi connectivity index (χ1) is 14.1. The Morgan fingerprint density at radius 1 is 1.17 bits per heavy atom. The van der Waals surface area contributed by atoms with E-state index < -0.39 is 12.7 Å². The molecule has 10 heteroatoms. The summed E-state index contributed by atoms with van der Waals surface area (Å²) in [6.07, 6.45) is 1.01. The van der Waals surface area contributed by atoms with Gasteiger partial charge in [0.15, 0.2) is 17.4 Å². The van der Waals surface area contributed by atoms with E-state index in [1.165, 1.54) is 24.3 Å². The highest BCUT2D eigenvalue weighted by molar-refractivity contribution is 5.79. The maximum Gasteiger partial charge on any atom is 0.387 e. The van der Waals surface area contributed by atoms with Crippen LogP contribution in [-0.4, -0.2) is 45.4 Å². The normalized spacial score (nSPS) is 12.9. The summed E-state index contributed by atoms with van der Waals surface area (Å²) < 4.78 is 30.6. The fourth-order valence-electron chi connectivity index (χ4n) is 2.67. The molecule has 0 aliphatic rings. The molecule has 0 amide bonds. The third-order valence-corrected chi connectivity index (χ3v) is 4.06. The van der Waals surface area contributed by atoms with Crippen molar-refractivity contribution in [2.45, 2.75) is 26.2 Å². The van der Waals surface area contributed by atoms with E-state index in [2.05, 4.69) is 30.6 Å². The monoisotopic (exact) mass is 404 g/mol. The predicted octanol–water partition coefficient (Wildman–Crippen LogP) is 2.12. The Morgan fingerprint density at radius 2 is 1.97 bits per heavy atom. The highest BCUT2D eigenvalue weighted by atomic mass is 19.3. The summed E-state index contributed by atoms with van der Waals surface area (Å²) in [5.41, 5.74) is 1.31. The summed E-state index contributed by atoms with van der Waals surface area (Å²) in [4.78, 5) is 4.48. The Kier molecular flexibility index (Phi) is 6.90. The number of aromatic nitrogens is 3. The van der Waals surface area contributed by atoms with Crippen molar-refractivity contribution in [2.24, 2.45) is 4.99 Å². The molecule has 0 aliphatic carbocycles. The number of aliphatic imine (C=N–C) groups is 1. The first-order valence-corrected chi connectivity index (χ1v) is 9.10. The Labute approximate surface area is 166 Å². The lowest BCUT2D eigenvalue weighted by Gasteiger charge is -2.16. The van der Waals surface area contributed by atoms with Crippen LogP contribution >= 0.6 is 0 Å². The quantitative estimate of drug-likeness (QED) is 0.393. The van der Waals surface area contributed by atoms with Crippen LogP contribution in [0.4, 0.5) is 8.78 Å². The highest BCUT2D eigenvalue weighted by Gasteiger charge is 2.11. The Bertz CT molecular complexity index is 945. The molecule has 0 radical (unpaired) electrons. The van der Waals surface area contributed by atoms with Crippen LogP contribution in [0, 0.1) is 0 Å². The molecule has 0 fully saturated rings. The molecule has 3 N–H and O–H groups in total. The summed E-state index contributed by atoms with van der Waals surface area (Å²) in [5, 5.41) is 24.7. The molecule has 1 unspecified atom stereocenters. The number of ether oxygens (including phenoxy) is 1. The number of aliphatic hydroxyl groups is 1. The molecular weight excluding hydrogens is 382 g/mol. The lowest BCUT2D eigenvalue weighted by atomic mass is 10.1. The van der Waals surface area contributed by atoms with Crippen LogP contribution in [0.3, 0.4) is 0 Å². The smallest absolute Gasteiger partial charge is 0.387 e. The molecule has 0 aliphatic heterocycles. The molecule has 154 valence electrons. The van der Waals surface area contributed by atoms with Gasteiger partial charge in [0.25, 0.3) is 0 Å². The lowest BCUT2D eigenvalue weighted by Crippen LogP contribution is -2.39. The summed E-state index contributed by atoms with van der Waals surface area (Å²) in [6.45, 7) is 0.176. The summed E-state index contributed by atoms with van der Waals surface area (Å²) >= 11 is 0. The number of aliphatic hydroxyl groups excluding tert-OH is 1. The second-order valence-electron chi connectivity index (χ2n) is 6.08. The lowest BCUT2D eigenvalue weighted by molar-refractivity contribution is -0.0498. The van der Waals surface area contributed by atoms with Gasteiger partial charge in [0.05, 0.1) is 6.10 Å². The van der Waals surface area contributed by atoms with E-state index in [9.17, 15) is 13.9 Å². The number of nitrogens with one attached hydrogen (secondary N) is 2.